The van der Waals surface area contributed by atoms with Crippen LogP contribution in [-0.4, -0.2) is 21.8 Å². The molecule has 0 N–H and O–H groups in total. The van der Waals surface area contributed by atoms with Gasteiger partial charge in [0.1, 0.15) is 10.7 Å². The largest absolute Gasteiger partial charge is 0.272 e. The van der Waals surface area contributed by atoms with Gasteiger partial charge < -0.3 is 0 Å². The Labute approximate surface area is 73.8 Å². The number of hydrogen-bond donors (Lipinski definition) is 0. The van der Waals surface area contributed by atoms with Crippen molar-refractivity contribution in [2.45, 2.75) is 13.0 Å². The molecule has 0 aromatic carbocycles. The van der Waals surface area contributed by atoms with Gasteiger partial charge in [0.05, 0.1) is 11.6 Å². The zero-order valence-electron chi connectivity index (χ0n) is 6.15. The lowest BCUT2D eigenvalue weighted by Gasteiger charge is -1.89. The quantitative estimate of drug-likeness (QED) is 0.667. The molecule has 0 spiro atoms. The topological polar surface area (TPSA) is 25.2 Å². The monoisotopic (exact) mass is 184 g/mol. The molecule has 1 aromatic heterocycles. The second-order valence-corrected chi connectivity index (χ2v) is 4.20. The van der Waals surface area contributed by atoms with Crippen LogP contribution in [0.3, 0.4) is 0 Å². The van der Waals surface area contributed by atoms with Crippen LogP contribution in [0.25, 0.3) is 0 Å². The lowest BCUT2D eigenvalue weighted by Crippen LogP contribution is -1.93. The van der Waals surface area contributed by atoms with Gasteiger partial charge >= 0.3 is 0 Å². The third kappa shape index (κ3) is 1.46. The molecule has 0 amide bonds. The molecule has 2 nitrogen and oxygen atoms in total. The van der Waals surface area contributed by atoms with Crippen LogP contribution in [0.4, 0.5) is 0 Å². The highest BCUT2D eigenvalue weighted by molar-refractivity contribution is 8.14. The first-order valence-electron chi connectivity index (χ1n) is 3.45. The van der Waals surface area contributed by atoms with Crippen LogP contribution in [0.1, 0.15) is 12.6 Å². The zero-order valence-corrected chi connectivity index (χ0v) is 7.78. The van der Waals surface area contributed by atoms with E-state index in [2.05, 4.69) is 16.9 Å². The summed E-state index contributed by atoms with van der Waals surface area (Å²) in [6.45, 7) is 2.13. The number of thiazole rings is 1. The summed E-state index contributed by atoms with van der Waals surface area (Å²) in [4.78, 5) is 8.65. The molecule has 4 heteroatoms. The molecular formula is C7H8N2S2. The first-order chi connectivity index (χ1) is 5.36. The van der Waals surface area contributed by atoms with Gasteiger partial charge in [-0.05, 0) is 6.92 Å². The third-order valence-electron chi connectivity index (χ3n) is 1.45. The summed E-state index contributed by atoms with van der Waals surface area (Å²) in [7, 11) is 0. The highest BCUT2D eigenvalue weighted by Crippen LogP contribution is 2.22. The van der Waals surface area contributed by atoms with E-state index < -0.39 is 0 Å². The van der Waals surface area contributed by atoms with Crippen LogP contribution in [0.2, 0.25) is 0 Å². The molecule has 11 heavy (non-hydrogen) atoms. The molecule has 1 aliphatic rings. The van der Waals surface area contributed by atoms with Crippen LogP contribution < -0.4 is 0 Å². The van der Waals surface area contributed by atoms with Gasteiger partial charge in [-0.25, -0.2) is 4.98 Å². The molecule has 2 rings (SSSR count). The predicted molar refractivity (Wildman–Crippen MR) is 50.6 cm³/mol. The summed E-state index contributed by atoms with van der Waals surface area (Å²) in [5.74, 6) is 1.10. The Morgan fingerprint density at radius 1 is 1.64 bits per heavy atom. The average Bonchev–Trinajstić information content (AvgIpc) is 2.55. The molecule has 1 aromatic rings. The van der Waals surface area contributed by atoms with E-state index in [0.717, 1.165) is 16.5 Å². The first kappa shape index (κ1) is 7.31. The van der Waals surface area contributed by atoms with Gasteiger partial charge in [-0.15, -0.1) is 23.1 Å². The standard InChI is InChI=1S/C7H8N2S2/c1-5-2-11-7(9-5)6-3-10-4-8-6/h3-5H,2H2,1H3. The van der Waals surface area contributed by atoms with Crippen LogP contribution in [0.15, 0.2) is 15.9 Å². The van der Waals surface area contributed by atoms with Crippen LogP contribution in [0, 0.1) is 0 Å². The van der Waals surface area contributed by atoms with Crippen LogP contribution in [-0.2, 0) is 0 Å². The summed E-state index contributed by atoms with van der Waals surface area (Å²) in [6.07, 6.45) is 0. The maximum atomic E-state index is 4.45. The van der Waals surface area contributed by atoms with Crippen molar-refractivity contribution in [3.05, 3.63) is 16.6 Å². The van der Waals surface area contributed by atoms with Crippen molar-refractivity contribution in [3.63, 3.8) is 0 Å². The number of rotatable bonds is 1. The Balaban J connectivity index is 2.25. The van der Waals surface area contributed by atoms with Gasteiger partial charge in [-0.2, -0.15) is 0 Å². The summed E-state index contributed by atoms with van der Waals surface area (Å²) >= 11 is 3.42. The molecule has 0 saturated carbocycles. The van der Waals surface area contributed by atoms with E-state index in [9.17, 15) is 0 Å². The average molecular weight is 184 g/mol. The van der Waals surface area contributed by atoms with Gasteiger partial charge in [-0.3, -0.25) is 4.99 Å². The van der Waals surface area contributed by atoms with Crippen molar-refractivity contribution in [2.75, 3.05) is 5.75 Å². The van der Waals surface area contributed by atoms with E-state index in [4.69, 9.17) is 0 Å². The van der Waals surface area contributed by atoms with Crippen LogP contribution in [0.5, 0.6) is 0 Å². The van der Waals surface area contributed by atoms with Crippen molar-refractivity contribution in [1.29, 1.82) is 0 Å². The molecule has 2 heterocycles. The lowest BCUT2D eigenvalue weighted by molar-refractivity contribution is 0.865. The van der Waals surface area contributed by atoms with Gasteiger partial charge in [-0.1, -0.05) is 0 Å². The maximum Gasteiger partial charge on any atom is 0.117 e. The molecule has 0 bridgehead atoms. The number of aliphatic imine (C=N–C) groups is 1. The number of hydrogen-bond acceptors (Lipinski definition) is 4. The van der Waals surface area contributed by atoms with E-state index in [1.165, 1.54) is 0 Å². The highest BCUT2D eigenvalue weighted by Gasteiger charge is 2.16. The van der Waals surface area contributed by atoms with Gasteiger partial charge in [0.25, 0.3) is 0 Å². The molecule has 1 aliphatic heterocycles. The number of nitrogens with zero attached hydrogens (tertiary/aromatic N) is 2. The van der Waals surface area contributed by atoms with E-state index >= 15 is 0 Å². The van der Waals surface area contributed by atoms with E-state index in [1.54, 1.807) is 23.1 Å². The van der Waals surface area contributed by atoms with Gasteiger partial charge in [0.15, 0.2) is 0 Å². The molecule has 1 unspecified atom stereocenters. The Morgan fingerprint density at radius 2 is 2.55 bits per heavy atom. The second kappa shape index (κ2) is 2.95. The normalized spacial score (nSPS) is 23.7. The Bertz CT molecular complexity index is 266. The lowest BCUT2D eigenvalue weighted by atomic mass is 10.4. The zero-order chi connectivity index (χ0) is 7.68. The van der Waals surface area contributed by atoms with Crippen molar-refractivity contribution < 1.29 is 0 Å². The summed E-state index contributed by atoms with van der Waals surface area (Å²) in [5, 5.41) is 3.16. The maximum absolute atomic E-state index is 4.45. The molecule has 1 atom stereocenters. The SMILES string of the molecule is CC1CSC(c2cscn2)=N1. The van der Waals surface area contributed by atoms with Crippen molar-refractivity contribution in [2.24, 2.45) is 4.99 Å². The minimum absolute atomic E-state index is 0.469. The van der Waals surface area contributed by atoms with Crippen molar-refractivity contribution >= 4 is 28.1 Å². The minimum atomic E-state index is 0.469. The predicted octanol–water partition coefficient (Wildman–Crippen LogP) is 2.02. The highest BCUT2D eigenvalue weighted by atomic mass is 32.2. The van der Waals surface area contributed by atoms with E-state index in [0.29, 0.717) is 6.04 Å². The van der Waals surface area contributed by atoms with Crippen LogP contribution >= 0.6 is 23.1 Å². The summed E-state index contributed by atoms with van der Waals surface area (Å²) in [6, 6.07) is 0.469. The molecule has 0 aliphatic carbocycles. The van der Waals surface area contributed by atoms with Crippen molar-refractivity contribution in [3.8, 4) is 0 Å². The van der Waals surface area contributed by atoms with Gasteiger partial charge in [0, 0.05) is 11.1 Å². The minimum Gasteiger partial charge on any atom is -0.272 e. The summed E-state index contributed by atoms with van der Waals surface area (Å²) in [5.41, 5.74) is 2.89. The summed E-state index contributed by atoms with van der Waals surface area (Å²) < 4.78 is 0. The fourth-order valence-electron chi connectivity index (χ4n) is 0.932. The smallest absolute Gasteiger partial charge is 0.117 e. The first-order valence-corrected chi connectivity index (χ1v) is 5.38. The molecule has 0 fully saturated rings. The molecule has 0 radical (unpaired) electrons. The Kier molecular flexibility index (Phi) is 1.96. The molecule has 58 valence electrons. The Morgan fingerprint density at radius 3 is 3.09 bits per heavy atom. The van der Waals surface area contributed by atoms with E-state index in [1.807, 2.05) is 10.9 Å². The Hall–Kier alpha value is -0.350. The fraction of sp³-hybridized carbons (Fsp3) is 0.429. The second-order valence-electron chi connectivity index (χ2n) is 2.47. The molecular weight excluding hydrogens is 176 g/mol. The number of aromatic nitrogens is 1. The number of thioether (sulfide) groups is 1. The van der Waals surface area contributed by atoms with E-state index in [-0.39, 0.29) is 0 Å². The van der Waals surface area contributed by atoms with Gasteiger partial charge in [0.2, 0.25) is 0 Å². The third-order valence-corrected chi connectivity index (χ3v) is 3.27. The molecule has 0 saturated heterocycles. The fourth-order valence-corrected chi connectivity index (χ4v) is 2.53. The van der Waals surface area contributed by atoms with Crippen molar-refractivity contribution in [1.82, 2.24) is 4.98 Å².